The quantitative estimate of drug-likeness (QED) is 0.378. The third-order valence-corrected chi connectivity index (χ3v) is 2.45. The maximum absolute atomic E-state index is 8.15. The molecule has 1 aliphatic carbocycles. The van der Waals surface area contributed by atoms with Gasteiger partial charge in [0.2, 0.25) is 0 Å². The van der Waals surface area contributed by atoms with Gasteiger partial charge in [0.15, 0.2) is 0 Å². The van der Waals surface area contributed by atoms with E-state index in [4.69, 9.17) is 15.0 Å². The molecule has 13 heavy (non-hydrogen) atoms. The molecular weight excluding hydrogens is 170 g/mol. The van der Waals surface area contributed by atoms with Crippen molar-refractivity contribution >= 4 is 0 Å². The zero-order valence-corrected chi connectivity index (χ0v) is 7.43. The zero-order chi connectivity index (χ0) is 9.10. The number of hydrogen-bond acceptors (Lipinski definition) is 3. The van der Waals surface area contributed by atoms with E-state index in [0.717, 1.165) is 0 Å². The van der Waals surface area contributed by atoms with Crippen LogP contribution in [0.4, 0.5) is 0 Å². The molecule has 0 radical (unpaired) electrons. The van der Waals surface area contributed by atoms with Crippen molar-refractivity contribution in [3.63, 3.8) is 0 Å². The van der Waals surface area contributed by atoms with Crippen molar-refractivity contribution in [2.24, 2.45) is 11.0 Å². The Balaban J connectivity index is 1.80. The average Bonchev–Trinajstić information content (AvgIpc) is 2.98. The Kier molecular flexibility index (Phi) is 2.68. The minimum absolute atomic E-state index is 0.0322. The van der Waals surface area contributed by atoms with Gasteiger partial charge in [-0.3, -0.25) is 0 Å². The van der Waals surface area contributed by atoms with E-state index < -0.39 is 0 Å². The lowest BCUT2D eigenvalue weighted by Crippen LogP contribution is -2.38. The Morgan fingerprint density at radius 2 is 2.23 bits per heavy atom. The minimum Gasteiger partial charge on any atom is -0.376 e. The molecule has 0 aromatic carbocycles. The fourth-order valence-corrected chi connectivity index (χ4v) is 1.58. The van der Waals surface area contributed by atoms with E-state index in [0.29, 0.717) is 25.7 Å². The predicted molar refractivity (Wildman–Crippen MR) is 46.2 cm³/mol. The summed E-state index contributed by atoms with van der Waals surface area (Å²) in [7, 11) is 0. The first-order valence-electron chi connectivity index (χ1n) is 4.64. The van der Waals surface area contributed by atoms with Crippen LogP contribution in [0, 0.1) is 5.92 Å². The molecule has 0 bridgehead atoms. The Morgan fingerprint density at radius 3 is 2.92 bits per heavy atom. The van der Waals surface area contributed by atoms with Gasteiger partial charge in [0, 0.05) is 4.91 Å². The van der Waals surface area contributed by atoms with Crippen LogP contribution < -0.4 is 0 Å². The summed E-state index contributed by atoms with van der Waals surface area (Å²) in [5.74, 6) is 0.689. The largest absolute Gasteiger partial charge is 0.376 e. The van der Waals surface area contributed by atoms with Gasteiger partial charge in [0.05, 0.1) is 32.0 Å². The summed E-state index contributed by atoms with van der Waals surface area (Å²) in [5, 5.41) is 3.49. The smallest absolute Gasteiger partial charge is 0.0869 e. The number of hydrogen-bond donors (Lipinski definition) is 0. The van der Waals surface area contributed by atoms with Crippen molar-refractivity contribution in [2.75, 3.05) is 19.8 Å². The molecule has 1 heterocycles. The van der Waals surface area contributed by atoms with E-state index in [1.807, 2.05) is 0 Å². The normalized spacial score (nSPS) is 33.8. The highest BCUT2D eigenvalue weighted by atomic mass is 16.6. The van der Waals surface area contributed by atoms with Crippen molar-refractivity contribution in [3.8, 4) is 0 Å². The van der Waals surface area contributed by atoms with Gasteiger partial charge in [-0.1, -0.05) is 5.11 Å². The molecule has 5 heteroatoms. The summed E-state index contributed by atoms with van der Waals surface area (Å²) in [6.45, 7) is 1.65. The summed E-state index contributed by atoms with van der Waals surface area (Å²) in [5.41, 5.74) is 8.15. The van der Waals surface area contributed by atoms with Crippen LogP contribution in [0.15, 0.2) is 5.11 Å². The molecule has 0 spiro atoms. The van der Waals surface area contributed by atoms with Crippen LogP contribution in [-0.2, 0) is 9.47 Å². The van der Waals surface area contributed by atoms with Crippen LogP contribution in [0.25, 0.3) is 10.4 Å². The maximum atomic E-state index is 8.15. The minimum atomic E-state index is -0.0322. The van der Waals surface area contributed by atoms with Gasteiger partial charge in [-0.05, 0) is 24.3 Å². The molecule has 1 saturated heterocycles. The molecule has 5 nitrogen and oxygen atoms in total. The van der Waals surface area contributed by atoms with Crippen molar-refractivity contribution < 1.29 is 9.47 Å². The van der Waals surface area contributed by atoms with Crippen LogP contribution in [0.2, 0.25) is 0 Å². The molecule has 1 aliphatic heterocycles. The Hall–Kier alpha value is -0.770. The highest BCUT2D eigenvalue weighted by Crippen LogP contribution is 2.36. The van der Waals surface area contributed by atoms with Crippen molar-refractivity contribution in [1.82, 2.24) is 0 Å². The van der Waals surface area contributed by atoms with E-state index in [9.17, 15) is 0 Å². The second kappa shape index (κ2) is 3.96. The first-order valence-corrected chi connectivity index (χ1v) is 4.64. The second-order valence-corrected chi connectivity index (χ2v) is 3.58. The lowest BCUT2D eigenvalue weighted by molar-refractivity contribution is -0.140. The van der Waals surface area contributed by atoms with Crippen LogP contribution in [-0.4, -0.2) is 32.0 Å². The van der Waals surface area contributed by atoms with Gasteiger partial charge in [-0.15, -0.1) is 0 Å². The van der Waals surface area contributed by atoms with E-state index in [1.54, 1.807) is 0 Å². The molecular formula is C8H13N3O2. The maximum Gasteiger partial charge on any atom is 0.0869 e. The fraction of sp³-hybridized carbons (Fsp3) is 1.00. The molecule has 0 N–H and O–H groups in total. The first kappa shape index (κ1) is 8.81. The zero-order valence-electron chi connectivity index (χ0n) is 7.43. The SMILES string of the molecule is [N-]=[N+]=NCC1COCC(C2CC2)O1. The van der Waals surface area contributed by atoms with E-state index >= 15 is 0 Å². The Bertz CT molecular complexity index is 223. The molecule has 2 unspecified atom stereocenters. The topological polar surface area (TPSA) is 67.2 Å². The van der Waals surface area contributed by atoms with E-state index in [2.05, 4.69) is 10.0 Å². The summed E-state index contributed by atoms with van der Waals surface area (Å²) >= 11 is 0. The van der Waals surface area contributed by atoms with Crippen molar-refractivity contribution in [2.45, 2.75) is 25.0 Å². The number of azide groups is 1. The molecule has 2 atom stereocenters. The third-order valence-electron chi connectivity index (χ3n) is 2.45. The first-order chi connectivity index (χ1) is 6.40. The van der Waals surface area contributed by atoms with Crippen LogP contribution in [0.5, 0.6) is 0 Å². The molecule has 0 aromatic rings. The predicted octanol–water partition coefficient (Wildman–Crippen LogP) is 1.49. The highest BCUT2D eigenvalue weighted by Gasteiger charge is 2.35. The summed E-state index contributed by atoms with van der Waals surface area (Å²) in [6, 6.07) is 0. The summed E-state index contributed by atoms with van der Waals surface area (Å²) in [6.07, 6.45) is 2.72. The molecule has 72 valence electrons. The molecule has 0 aromatic heterocycles. The van der Waals surface area contributed by atoms with E-state index in [-0.39, 0.29) is 12.2 Å². The van der Waals surface area contributed by atoms with Gasteiger partial charge in [0.1, 0.15) is 0 Å². The van der Waals surface area contributed by atoms with Gasteiger partial charge in [0.25, 0.3) is 0 Å². The fourth-order valence-electron chi connectivity index (χ4n) is 1.58. The highest BCUT2D eigenvalue weighted by molar-refractivity contribution is 4.85. The average molecular weight is 183 g/mol. The van der Waals surface area contributed by atoms with Gasteiger partial charge < -0.3 is 9.47 Å². The third kappa shape index (κ3) is 2.34. The van der Waals surface area contributed by atoms with Gasteiger partial charge >= 0.3 is 0 Å². The Labute approximate surface area is 76.6 Å². The standard InChI is InChI=1S/C8H13N3O2/c9-11-10-3-7-4-12-5-8(13-7)6-1-2-6/h6-8H,1-5H2. The summed E-state index contributed by atoms with van der Waals surface area (Å²) in [4.78, 5) is 2.70. The monoisotopic (exact) mass is 183 g/mol. The number of nitrogens with zero attached hydrogens (tertiary/aromatic N) is 3. The molecule has 1 saturated carbocycles. The lowest BCUT2D eigenvalue weighted by atomic mass is 10.2. The number of rotatable bonds is 3. The molecule has 0 amide bonds. The van der Waals surface area contributed by atoms with Gasteiger partial charge in [-0.25, -0.2) is 0 Å². The number of ether oxygens (including phenoxy) is 2. The van der Waals surface area contributed by atoms with Crippen LogP contribution in [0.3, 0.4) is 0 Å². The van der Waals surface area contributed by atoms with Crippen LogP contribution in [0.1, 0.15) is 12.8 Å². The second-order valence-electron chi connectivity index (χ2n) is 3.58. The molecule has 2 rings (SSSR count). The molecule has 2 aliphatic rings. The van der Waals surface area contributed by atoms with Gasteiger partial charge in [-0.2, -0.15) is 0 Å². The lowest BCUT2D eigenvalue weighted by Gasteiger charge is -2.29. The molecule has 2 fully saturated rings. The van der Waals surface area contributed by atoms with E-state index in [1.165, 1.54) is 12.8 Å². The van der Waals surface area contributed by atoms with Crippen molar-refractivity contribution in [1.29, 1.82) is 0 Å². The Morgan fingerprint density at radius 1 is 1.38 bits per heavy atom. The van der Waals surface area contributed by atoms with Crippen LogP contribution >= 0.6 is 0 Å². The summed E-state index contributed by atoms with van der Waals surface area (Å²) < 4.78 is 11.1. The van der Waals surface area contributed by atoms with Crippen molar-refractivity contribution in [3.05, 3.63) is 10.4 Å².